The second-order valence-electron chi connectivity index (χ2n) is 5.09. The number of aromatic nitrogens is 2. The molecule has 0 amide bonds. The SMILES string of the molecule is c1cc(-c2cnc3n2CCC32CCNC2)co1. The number of rotatable bonds is 1. The molecule has 0 aliphatic carbocycles. The lowest BCUT2D eigenvalue weighted by molar-refractivity contribution is 0.457. The van der Waals surface area contributed by atoms with Gasteiger partial charge in [0.05, 0.1) is 24.4 Å². The van der Waals surface area contributed by atoms with Gasteiger partial charge in [-0.1, -0.05) is 0 Å². The van der Waals surface area contributed by atoms with E-state index in [0.717, 1.165) is 25.2 Å². The van der Waals surface area contributed by atoms with Crippen LogP contribution in [-0.4, -0.2) is 22.6 Å². The Morgan fingerprint density at radius 1 is 1.41 bits per heavy atom. The molecule has 1 saturated heterocycles. The number of nitrogens with one attached hydrogen (secondary N) is 1. The first-order valence-electron chi connectivity index (χ1n) is 6.18. The van der Waals surface area contributed by atoms with Crippen LogP contribution in [0.3, 0.4) is 0 Å². The highest BCUT2D eigenvalue weighted by molar-refractivity contribution is 5.58. The standard InChI is InChI=1S/C13H15N3O/c1-6-17-8-10(1)11-7-15-12-13(2-4-14-9-13)3-5-16(11)12/h1,6-8,14H,2-5,9H2. The minimum atomic E-state index is 0.294. The molecule has 0 radical (unpaired) electrons. The van der Waals surface area contributed by atoms with Crippen LogP contribution < -0.4 is 5.32 Å². The maximum absolute atomic E-state index is 5.16. The Kier molecular flexibility index (Phi) is 1.80. The van der Waals surface area contributed by atoms with E-state index in [0.29, 0.717) is 5.41 Å². The number of hydrogen-bond donors (Lipinski definition) is 1. The number of fused-ring (bicyclic) bond motifs is 2. The van der Waals surface area contributed by atoms with Gasteiger partial charge in [-0.15, -0.1) is 0 Å². The zero-order chi connectivity index (χ0) is 11.3. The highest BCUT2D eigenvalue weighted by atomic mass is 16.3. The summed E-state index contributed by atoms with van der Waals surface area (Å²) in [5.74, 6) is 1.26. The molecule has 4 heteroatoms. The predicted octanol–water partition coefficient (Wildman–Crippen LogP) is 1.78. The zero-order valence-electron chi connectivity index (χ0n) is 9.65. The van der Waals surface area contributed by atoms with Gasteiger partial charge in [-0.05, 0) is 25.5 Å². The van der Waals surface area contributed by atoms with Crippen LogP contribution in [0.4, 0.5) is 0 Å². The third-order valence-corrected chi connectivity index (χ3v) is 4.20. The van der Waals surface area contributed by atoms with Crippen molar-refractivity contribution in [3.63, 3.8) is 0 Å². The number of imidazole rings is 1. The summed E-state index contributed by atoms with van der Waals surface area (Å²) in [6, 6.07) is 2.00. The van der Waals surface area contributed by atoms with Gasteiger partial charge in [-0.2, -0.15) is 0 Å². The largest absolute Gasteiger partial charge is 0.472 e. The molecule has 1 N–H and O–H groups in total. The molecule has 0 saturated carbocycles. The van der Waals surface area contributed by atoms with Crippen LogP contribution in [-0.2, 0) is 12.0 Å². The Labute approximate surface area is 99.6 Å². The molecule has 4 rings (SSSR count). The van der Waals surface area contributed by atoms with Crippen molar-refractivity contribution in [2.24, 2.45) is 0 Å². The topological polar surface area (TPSA) is 43.0 Å². The van der Waals surface area contributed by atoms with Crippen LogP contribution in [0, 0.1) is 0 Å². The van der Waals surface area contributed by atoms with Crippen molar-refractivity contribution in [3.8, 4) is 11.3 Å². The van der Waals surface area contributed by atoms with E-state index in [1.165, 1.54) is 24.4 Å². The Bertz CT molecular complexity index is 535. The van der Waals surface area contributed by atoms with Gasteiger partial charge >= 0.3 is 0 Å². The first kappa shape index (κ1) is 9.48. The highest BCUT2D eigenvalue weighted by Crippen LogP contribution is 2.41. The molecular weight excluding hydrogens is 214 g/mol. The average molecular weight is 229 g/mol. The summed E-state index contributed by atoms with van der Waals surface area (Å²) >= 11 is 0. The van der Waals surface area contributed by atoms with Crippen LogP contribution in [0.2, 0.25) is 0 Å². The normalized spacial score (nSPS) is 26.8. The van der Waals surface area contributed by atoms with Crippen LogP contribution in [0.1, 0.15) is 18.7 Å². The maximum Gasteiger partial charge on any atom is 0.116 e. The molecule has 4 nitrogen and oxygen atoms in total. The number of hydrogen-bond acceptors (Lipinski definition) is 3. The summed E-state index contributed by atoms with van der Waals surface area (Å²) < 4.78 is 7.52. The van der Waals surface area contributed by atoms with E-state index >= 15 is 0 Å². The molecule has 1 spiro atoms. The minimum absolute atomic E-state index is 0.294. The van der Waals surface area contributed by atoms with Crippen molar-refractivity contribution >= 4 is 0 Å². The Morgan fingerprint density at radius 3 is 3.18 bits per heavy atom. The minimum Gasteiger partial charge on any atom is -0.472 e. The van der Waals surface area contributed by atoms with E-state index in [9.17, 15) is 0 Å². The van der Waals surface area contributed by atoms with Gasteiger partial charge < -0.3 is 14.3 Å². The second kappa shape index (κ2) is 3.23. The van der Waals surface area contributed by atoms with Crippen molar-refractivity contribution in [2.75, 3.05) is 13.1 Å². The molecule has 2 aromatic rings. The molecule has 17 heavy (non-hydrogen) atoms. The van der Waals surface area contributed by atoms with Gasteiger partial charge in [0.1, 0.15) is 5.82 Å². The fourth-order valence-electron chi connectivity index (χ4n) is 3.25. The van der Waals surface area contributed by atoms with Crippen LogP contribution in [0.15, 0.2) is 29.2 Å². The summed E-state index contributed by atoms with van der Waals surface area (Å²) in [6.07, 6.45) is 7.93. The third kappa shape index (κ3) is 1.19. The Hall–Kier alpha value is -1.55. The van der Waals surface area contributed by atoms with E-state index < -0.39 is 0 Å². The Morgan fingerprint density at radius 2 is 2.41 bits per heavy atom. The van der Waals surface area contributed by atoms with Gasteiger partial charge in [0.15, 0.2) is 0 Å². The van der Waals surface area contributed by atoms with Crippen molar-refractivity contribution < 1.29 is 4.42 Å². The highest BCUT2D eigenvalue weighted by Gasteiger charge is 2.43. The summed E-state index contributed by atoms with van der Waals surface area (Å²) in [7, 11) is 0. The quantitative estimate of drug-likeness (QED) is 0.810. The molecule has 1 atom stereocenters. The maximum atomic E-state index is 5.16. The van der Waals surface area contributed by atoms with E-state index in [4.69, 9.17) is 4.42 Å². The first-order chi connectivity index (χ1) is 8.39. The van der Waals surface area contributed by atoms with E-state index in [1.807, 2.05) is 12.3 Å². The second-order valence-corrected chi connectivity index (χ2v) is 5.09. The fourth-order valence-corrected chi connectivity index (χ4v) is 3.25. The number of furan rings is 1. The molecular formula is C13H15N3O. The molecule has 1 fully saturated rings. The fraction of sp³-hybridized carbons (Fsp3) is 0.462. The van der Waals surface area contributed by atoms with Crippen LogP contribution >= 0.6 is 0 Å². The smallest absolute Gasteiger partial charge is 0.116 e. The third-order valence-electron chi connectivity index (χ3n) is 4.20. The van der Waals surface area contributed by atoms with Gasteiger partial charge in [-0.3, -0.25) is 0 Å². The summed E-state index contributed by atoms with van der Waals surface area (Å²) in [6.45, 7) is 3.28. The zero-order valence-corrected chi connectivity index (χ0v) is 9.65. The summed E-state index contributed by atoms with van der Waals surface area (Å²) in [5.41, 5.74) is 2.62. The van der Waals surface area contributed by atoms with E-state index in [2.05, 4.69) is 14.9 Å². The molecule has 4 heterocycles. The molecule has 2 aromatic heterocycles. The molecule has 2 aliphatic heterocycles. The lowest BCUT2D eigenvalue weighted by atomic mass is 9.85. The molecule has 88 valence electrons. The van der Waals surface area contributed by atoms with Crippen LogP contribution in [0.25, 0.3) is 11.3 Å². The number of nitrogens with zero attached hydrogens (tertiary/aromatic N) is 2. The summed E-state index contributed by atoms with van der Waals surface area (Å²) in [4.78, 5) is 4.67. The molecule has 1 unspecified atom stereocenters. The predicted molar refractivity (Wildman–Crippen MR) is 63.7 cm³/mol. The molecule has 0 aromatic carbocycles. The lowest BCUT2D eigenvalue weighted by Gasteiger charge is -2.18. The van der Waals surface area contributed by atoms with Gasteiger partial charge in [0.2, 0.25) is 0 Å². The van der Waals surface area contributed by atoms with E-state index in [1.54, 1.807) is 12.5 Å². The van der Waals surface area contributed by atoms with Gasteiger partial charge in [-0.25, -0.2) is 4.98 Å². The van der Waals surface area contributed by atoms with Gasteiger partial charge in [0, 0.05) is 24.1 Å². The van der Waals surface area contributed by atoms with Crippen molar-refractivity contribution in [1.82, 2.24) is 14.9 Å². The lowest BCUT2D eigenvalue weighted by Crippen LogP contribution is -2.26. The van der Waals surface area contributed by atoms with Crippen LogP contribution in [0.5, 0.6) is 0 Å². The molecule has 2 aliphatic rings. The monoisotopic (exact) mass is 229 g/mol. The molecule has 0 bridgehead atoms. The van der Waals surface area contributed by atoms with E-state index in [-0.39, 0.29) is 0 Å². The van der Waals surface area contributed by atoms with Crippen molar-refractivity contribution in [3.05, 3.63) is 30.6 Å². The van der Waals surface area contributed by atoms with Crippen molar-refractivity contribution in [1.29, 1.82) is 0 Å². The first-order valence-corrected chi connectivity index (χ1v) is 6.18. The van der Waals surface area contributed by atoms with Gasteiger partial charge in [0.25, 0.3) is 0 Å². The summed E-state index contributed by atoms with van der Waals surface area (Å²) in [5, 5.41) is 3.47. The Balaban J connectivity index is 1.83. The average Bonchev–Trinajstić information content (AvgIpc) is 3.09. The van der Waals surface area contributed by atoms with Crippen molar-refractivity contribution in [2.45, 2.75) is 24.8 Å².